The maximum Gasteiger partial charge on any atom is 0.262 e. The van der Waals surface area contributed by atoms with Crippen LogP contribution in [0.2, 0.25) is 0 Å². The van der Waals surface area contributed by atoms with Crippen molar-refractivity contribution < 1.29 is 0 Å². The van der Waals surface area contributed by atoms with Gasteiger partial charge in [-0.15, -0.1) is 11.3 Å². The fourth-order valence-electron chi connectivity index (χ4n) is 1.84. The Kier molecular flexibility index (Phi) is 2.65. The van der Waals surface area contributed by atoms with E-state index in [2.05, 4.69) is 4.98 Å². The first-order valence-corrected chi connectivity index (χ1v) is 6.67. The van der Waals surface area contributed by atoms with Crippen molar-refractivity contribution in [3.8, 4) is 10.4 Å². The first-order chi connectivity index (χ1) is 8.66. The molecule has 3 aromatic rings. The number of nitrogens with one attached hydrogen (secondary N) is 1. The maximum atomic E-state index is 12.1. The molecular formula is C13H10N2OS2. The molecule has 0 saturated heterocycles. The zero-order valence-corrected chi connectivity index (χ0v) is 11.3. The Bertz CT molecular complexity index is 828. The minimum atomic E-state index is -0.0489. The van der Waals surface area contributed by atoms with Crippen LogP contribution in [0.4, 0.5) is 0 Å². The molecule has 1 N–H and O–H groups in total. The molecule has 0 aliphatic rings. The Labute approximate surface area is 112 Å². The first-order valence-electron chi connectivity index (χ1n) is 5.45. The van der Waals surface area contributed by atoms with Crippen LogP contribution in [0.25, 0.3) is 20.7 Å². The van der Waals surface area contributed by atoms with E-state index in [4.69, 9.17) is 12.2 Å². The second-order valence-corrected chi connectivity index (χ2v) is 5.45. The Morgan fingerprint density at radius 2 is 2.00 bits per heavy atom. The summed E-state index contributed by atoms with van der Waals surface area (Å²) in [7, 11) is 1.68. The third-order valence-corrected chi connectivity index (χ3v) is 4.33. The van der Waals surface area contributed by atoms with Crippen molar-refractivity contribution in [3.05, 3.63) is 51.5 Å². The Balaban J connectivity index is 2.34. The molecule has 18 heavy (non-hydrogen) atoms. The average Bonchev–Trinajstić information content (AvgIpc) is 2.81. The Morgan fingerprint density at radius 3 is 2.72 bits per heavy atom. The van der Waals surface area contributed by atoms with Crippen LogP contribution >= 0.6 is 23.6 Å². The van der Waals surface area contributed by atoms with E-state index in [9.17, 15) is 4.79 Å². The highest BCUT2D eigenvalue weighted by molar-refractivity contribution is 7.71. The summed E-state index contributed by atoms with van der Waals surface area (Å²) in [5, 5.41) is 0.690. The molecular weight excluding hydrogens is 264 g/mol. The smallest absolute Gasteiger partial charge is 0.262 e. The van der Waals surface area contributed by atoms with Gasteiger partial charge in [-0.2, -0.15) is 0 Å². The van der Waals surface area contributed by atoms with Crippen LogP contribution in [0.5, 0.6) is 0 Å². The standard InChI is InChI=1S/C13H10N2OS2/c1-15-12(16)9-7-10(8-5-3-2-4-6-8)18-11(9)14-13(15)17/h2-7H,1H3,(H,14,17). The van der Waals surface area contributed by atoms with Crippen LogP contribution < -0.4 is 5.56 Å². The Morgan fingerprint density at radius 1 is 1.28 bits per heavy atom. The summed E-state index contributed by atoms with van der Waals surface area (Å²) in [4.78, 5) is 17.1. The van der Waals surface area contributed by atoms with Crippen molar-refractivity contribution in [3.63, 3.8) is 0 Å². The molecule has 0 saturated carbocycles. The number of hydrogen-bond donors (Lipinski definition) is 1. The molecule has 90 valence electrons. The average molecular weight is 274 g/mol. The van der Waals surface area contributed by atoms with Gasteiger partial charge in [-0.1, -0.05) is 30.3 Å². The van der Waals surface area contributed by atoms with E-state index in [0.717, 1.165) is 15.3 Å². The van der Waals surface area contributed by atoms with E-state index < -0.39 is 0 Å². The van der Waals surface area contributed by atoms with Gasteiger partial charge in [-0.05, 0) is 23.8 Å². The van der Waals surface area contributed by atoms with Crippen LogP contribution in [0, 0.1) is 4.77 Å². The first kappa shape index (κ1) is 11.4. The van der Waals surface area contributed by atoms with Gasteiger partial charge in [0.05, 0.1) is 5.39 Å². The molecule has 3 nitrogen and oxygen atoms in total. The fourth-order valence-corrected chi connectivity index (χ4v) is 3.15. The largest absolute Gasteiger partial charge is 0.323 e. The maximum absolute atomic E-state index is 12.1. The number of fused-ring (bicyclic) bond motifs is 1. The lowest BCUT2D eigenvalue weighted by molar-refractivity contribution is 0.826. The number of hydrogen-bond acceptors (Lipinski definition) is 3. The normalized spacial score (nSPS) is 10.9. The van der Waals surface area contributed by atoms with E-state index in [-0.39, 0.29) is 5.56 Å². The molecule has 0 fully saturated rings. The predicted molar refractivity (Wildman–Crippen MR) is 77.7 cm³/mol. The third-order valence-electron chi connectivity index (χ3n) is 2.85. The lowest BCUT2D eigenvalue weighted by atomic mass is 10.2. The van der Waals surface area contributed by atoms with Gasteiger partial charge in [0.15, 0.2) is 4.77 Å². The van der Waals surface area contributed by atoms with Crippen LogP contribution in [-0.2, 0) is 7.05 Å². The highest BCUT2D eigenvalue weighted by atomic mass is 32.1. The summed E-state index contributed by atoms with van der Waals surface area (Å²) < 4.78 is 1.91. The zero-order valence-electron chi connectivity index (χ0n) is 9.64. The zero-order chi connectivity index (χ0) is 12.7. The van der Waals surface area contributed by atoms with Crippen molar-refractivity contribution >= 4 is 33.8 Å². The number of H-pyrrole nitrogens is 1. The predicted octanol–water partition coefficient (Wildman–Crippen LogP) is 3.32. The number of thiophene rings is 1. The second-order valence-electron chi connectivity index (χ2n) is 4.01. The van der Waals surface area contributed by atoms with Gasteiger partial charge in [0.1, 0.15) is 4.83 Å². The topological polar surface area (TPSA) is 37.8 Å². The van der Waals surface area contributed by atoms with Gasteiger partial charge in [0.2, 0.25) is 0 Å². The minimum Gasteiger partial charge on any atom is -0.323 e. The van der Waals surface area contributed by atoms with Crippen LogP contribution in [0.15, 0.2) is 41.2 Å². The van der Waals surface area contributed by atoms with Gasteiger partial charge >= 0.3 is 0 Å². The van der Waals surface area contributed by atoms with Gasteiger partial charge < -0.3 is 4.98 Å². The molecule has 2 aromatic heterocycles. The van der Waals surface area contributed by atoms with E-state index in [1.807, 2.05) is 36.4 Å². The van der Waals surface area contributed by atoms with Gasteiger partial charge in [-0.3, -0.25) is 9.36 Å². The molecule has 0 aliphatic heterocycles. The molecule has 3 rings (SSSR count). The van der Waals surface area contributed by atoms with Crippen LogP contribution in [0.1, 0.15) is 0 Å². The summed E-state index contributed by atoms with van der Waals surface area (Å²) in [6, 6.07) is 11.9. The van der Waals surface area contributed by atoms with E-state index in [0.29, 0.717) is 10.2 Å². The molecule has 0 unspecified atom stereocenters. The highest BCUT2D eigenvalue weighted by Gasteiger charge is 2.08. The van der Waals surface area contributed by atoms with Crippen molar-refractivity contribution in [2.24, 2.45) is 7.05 Å². The van der Waals surface area contributed by atoms with E-state index in [1.54, 1.807) is 18.4 Å². The number of aromatic nitrogens is 2. The Hall–Kier alpha value is -1.72. The number of benzene rings is 1. The summed E-state index contributed by atoms with van der Waals surface area (Å²) in [5.41, 5.74) is 1.06. The fraction of sp³-hybridized carbons (Fsp3) is 0.0769. The van der Waals surface area contributed by atoms with Gasteiger partial charge in [0.25, 0.3) is 5.56 Å². The van der Waals surface area contributed by atoms with E-state index >= 15 is 0 Å². The lowest BCUT2D eigenvalue weighted by Crippen LogP contribution is -2.17. The highest BCUT2D eigenvalue weighted by Crippen LogP contribution is 2.30. The summed E-state index contributed by atoms with van der Waals surface area (Å²) >= 11 is 6.66. The van der Waals surface area contributed by atoms with Crippen molar-refractivity contribution in [2.45, 2.75) is 0 Å². The van der Waals surface area contributed by atoms with Crippen molar-refractivity contribution in [1.82, 2.24) is 9.55 Å². The second kappa shape index (κ2) is 4.19. The quantitative estimate of drug-likeness (QED) is 0.691. The molecule has 0 spiro atoms. The summed E-state index contributed by atoms with van der Waals surface area (Å²) in [6.07, 6.45) is 0. The number of aromatic amines is 1. The molecule has 0 radical (unpaired) electrons. The molecule has 5 heteroatoms. The van der Waals surface area contributed by atoms with Crippen LogP contribution in [0.3, 0.4) is 0 Å². The van der Waals surface area contributed by atoms with Crippen molar-refractivity contribution in [2.75, 3.05) is 0 Å². The van der Waals surface area contributed by atoms with Gasteiger partial charge in [-0.25, -0.2) is 0 Å². The number of nitrogens with zero attached hydrogens (tertiary/aromatic N) is 1. The monoisotopic (exact) mass is 274 g/mol. The van der Waals surface area contributed by atoms with Gasteiger partial charge in [0, 0.05) is 11.9 Å². The molecule has 0 atom stereocenters. The molecule has 0 amide bonds. The van der Waals surface area contributed by atoms with E-state index in [1.165, 1.54) is 4.57 Å². The number of rotatable bonds is 1. The lowest BCUT2D eigenvalue weighted by Gasteiger charge is -1.96. The summed E-state index contributed by atoms with van der Waals surface area (Å²) in [5.74, 6) is 0. The molecule has 2 heterocycles. The SMILES string of the molecule is Cn1c(=S)[nH]c2sc(-c3ccccc3)cc2c1=O. The van der Waals surface area contributed by atoms with Crippen LogP contribution in [-0.4, -0.2) is 9.55 Å². The molecule has 1 aromatic carbocycles. The summed E-state index contributed by atoms with van der Waals surface area (Å²) in [6.45, 7) is 0. The minimum absolute atomic E-state index is 0.0489. The third kappa shape index (κ3) is 1.72. The molecule has 0 bridgehead atoms. The molecule has 0 aliphatic carbocycles. The van der Waals surface area contributed by atoms with Crippen molar-refractivity contribution in [1.29, 1.82) is 0 Å².